The second kappa shape index (κ2) is 16.5. The van der Waals surface area contributed by atoms with Crippen LogP contribution in [0.15, 0.2) is 291 Å². The lowest BCUT2D eigenvalue weighted by atomic mass is 9.68. The zero-order valence-corrected chi connectivity index (χ0v) is 40.6. The van der Waals surface area contributed by atoms with Gasteiger partial charge in [-0.1, -0.05) is 231 Å². The second-order valence-electron chi connectivity index (χ2n) is 19.8. The Morgan fingerprint density at radius 1 is 0.243 bits per heavy atom. The van der Waals surface area contributed by atoms with E-state index in [2.05, 4.69) is 301 Å². The molecule has 12 aromatic carbocycles. The number of hydrogen-bond donors (Lipinski definition) is 0. The van der Waals surface area contributed by atoms with Crippen LogP contribution in [0.1, 0.15) is 44.5 Å². The molecule has 15 rings (SSSR count). The Kier molecular flexibility index (Phi) is 9.43. The van der Waals surface area contributed by atoms with E-state index in [-0.39, 0.29) is 0 Å². The van der Waals surface area contributed by atoms with Crippen LogP contribution in [-0.4, -0.2) is 0 Å². The third-order valence-corrected chi connectivity index (χ3v) is 16.3. The van der Waals surface area contributed by atoms with Crippen LogP contribution < -0.4 is 9.80 Å². The quantitative estimate of drug-likeness (QED) is 0.150. The largest absolute Gasteiger partial charge is 0.310 e. The smallest absolute Gasteiger partial charge is 0.0746 e. The third-order valence-electron chi connectivity index (χ3n) is 16.3. The number of nitrogens with zero attached hydrogens (tertiary/aromatic N) is 2. The molecule has 0 saturated heterocycles. The summed E-state index contributed by atoms with van der Waals surface area (Å²) in [7, 11) is 0. The van der Waals surface area contributed by atoms with E-state index < -0.39 is 10.8 Å². The molecule has 0 aromatic heterocycles. The molecule has 12 aromatic rings. The Morgan fingerprint density at radius 3 is 1.27 bits per heavy atom. The Balaban J connectivity index is 1.02. The van der Waals surface area contributed by atoms with Crippen molar-refractivity contribution in [1.29, 1.82) is 0 Å². The van der Waals surface area contributed by atoms with Gasteiger partial charge in [0.2, 0.25) is 0 Å². The molecular formula is C72H48N2. The predicted molar refractivity (Wildman–Crippen MR) is 307 cm³/mol. The van der Waals surface area contributed by atoms with Crippen molar-refractivity contribution in [3.8, 4) is 33.4 Å². The number of rotatable bonds is 8. The number of para-hydroxylation sites is 3. The average molecular weight is 941 g/mol. The fourth-order valence-corrected chi connectivity index (χ4v) is 13.5. The first-order valence-electron chi connectivity index (χ1n) is 25.8. The van der Waals surface area contributed by atoms with Crippen LogP contribution in [0.5, 0.6) is 0 Å². The molecule has 0 radical (unpaired) electrons. The maximum Gasteiger partial charge on any atom is 0.0746 e. The molecule has 0 heterocycles. The molecule has 0 amide bonds. The average Bonchev–Trinajstić information content (AvgIpc) is 4.16. The minimum Gasteiger partial charge on any atom is -0.310 e. The minimum absolute atomic E-state index is 0.533. The van der Waals surface area contributed by atoms with Gasteiger partial charge in [-0.15, -0.1) is 0 Å². The molecule has 1 unspecified atom stereocenters. The Hall–Kier alpha value is -9.50. The molecule has 74 heavy (non-hydrogen) atoms. The van der Waals surface area contributed by atoms with E-state index >= 15 is 0 Å². The van der Waals surface area contributed by atoms with E-state index in [4.69, 9.17) is 0 Å². The Bertz CT molecular complexity index is 4050. The van der Waals surface area contributed by atoms with Gasteiger partial charge in [-0.25, -0.2) is 0 Å². The molecule has 0 bridgehead atoms. The molecule has 3 aliphatic carbocycles. The van der Waals surface area contributed by atoms with Crippen LogP contribution in [0.25, 0.3) is 44.2 Å². The normalized spacial score (nSPS) is 14.9. The molecule has 1 atom stereocenters. The van der Waals surface area contributed by atoms with E-state index in [1.807, 2.05) is 0 Å². The third kappa shape index (κ3) is 5.82. The van der Waals surface area contributed by atoms with Crippen LogP contribution in [0.4, 0.5) is 34.1 Å². The van der Waals surface area contributed by atoms with E-state index in [1.54, 1.807) is 0 Å². The molecule has 0 aliphatic heterocycles. The van der Waals surface area contributed by atoms with Gasteiger partial charge in [-0.2, -0.15) is 0 Å². The lowest BCUT2D eigenvalue weighted by molar-refractivity contribution is 0.768. The lowest BCUT2D eigenvalue weighted by Crippen LogP contribution is -2.28. The summed E-state index contributed by atoms with van der Waals surface area (Å²) in [5.74, 6) is 0. The van der Waals surface area contributed by atoms with Crippen molar-refractivity contribution in [3.05, 3.63) is 336 Å². The summed E-state index contributed by atoms with van der Waals surface area (Å²) >= 11 is 0. The van der Waals surface area contributed by atoms with E-state index in [1.165, 1.54) is 94.3 Å². The van der Waals surface area contributed by atoms with Crippen molar-refractivity contribution < 1.29 is 0 Å². The van der Waals surface area contributed by atoms with Gasteiger partial charge in [-0.3, -0.25) is 0 Å². The highest BCUT2D eigenvalue weighted by atomic mass is 15.2. The SMILES string of the molecule is c1ccc(N(c2ccc3c(c2)-c2ccccc2C32c3ccccc3-c3c2c(N(c2ccccc2)c2ccccc2)cc2ccccc32)c2cccc3c2-c2ccccc2C3(c2ccccc2)c2ccccc2)cc1. The fraction of sp³-hybridized carbons (Fsp3) is 0.0278. The first kappa shape index (κ1) is 42.2. The molecule has 0 fully saturated rings. The first-order chi connectivity index (χ1) is 36.8. The summed E-state index contributed by atoms with van der Waals surface area (Å²) in [6.45, 7) is 0. The van der Waals surface area contributed by atoms with Gasteiger partial charge in [0, 0.05) is 33.9 Å². The highest BCUT2D eigenvalue weighted by molar-refractivity contribution is 6.11. The van der Waals surface area contributed by atoms with Crippen molar-refractivity contribution in [3.63, 3.8) is 0 Å². The highest BCUT2D eigenvalue weighted by Crippen LogP contribution is 2.67. The molecule has 3 aliphatic rings. The Labute approximate surface area is 432 Å². The Morgan fingerprint density at radius 2 is 0.676 bits per heavy atom. The van der Waals surface area contributed by atoms with Gasteiger partial charge in [0.15, 0.2) is 0 Å². The standard InChI is InChI=1S/C72H48N2/c1-6-26-50(27-7-1)71(51-28-8-2-9-29-51)62-41-22-20-39-59(62)69-65(71)43-24-44-66(69)74(54-34-14-5-15-35-54)55-45-46-64-60(48-55)57-37-18-21-40-61(57)72(64)63-42-23-19-38-58(63)68-56-36-17-16-25-49(56)47-67(70(68)72)73(52-30-10-3-11-31-52)53-32-12-4-13-33-53/h1-48H. The summed E-state index contributed by atoms with van der Waals surface area (Å²) in [5.41, 5.74) is 23.4. The molecular weight excluding hydrogens is 893 g/mol. The van der Waals surface area contributed by atoms with Crippen LogP contribution in [0, 0.1) is 0 Å². The maximum absolute atomic E-state index is 2.51. The maximum atomic E-state index is 2.51. The van der Waals surface area contributed by atoms with Crippen LogP contribution in [0.3, 0.4) is 0 Å². The van der Waals surface area contributed by atoms with Gasteiger partial charge in [0.1, 0.15) is 0 Å². The topological polar surface area (TPSA) is 6.48 Å². The summed E-state index contributed by atoms with van der Waals surface area (Å²) in [6.07, 6.45) is 0. The number of benzene rings is 12. The van der Waals surface area contributed by atoms with Gasteiger partial charge in [-0.05, 0) is 138 Å². The molecule has 0 saturated carbocycles. The van der Waals surface area contributed by atoms with E-state index in [0.29, 0.717) is 0 Å². The summed E-state index contributed by atoms with van der Waals surface area (Å²) < 4.78 is 0. The summed E-state index contributed by atoms with van der Waals surface area (Å²) in [4.78, 5) is 5.00. The lowest BCUT2D eigenvalue weighted by Gasteiger charge is -2.36. The van der Waals surface area contributed by atoms with Crippen molar-refractivity contribution in [1.82, 2.24) is 0 Å². The predicted octanol–water partition coefficient (Wildman–Crippen LogP) is 18.5. The summed E-state index contributed by atoms with van der Waals surface area (Å²) in [6, 6.07) is 108. The van der Waals surface area contributed by atoms with Crippen LogP contribution in [-0.2, 0) is 10.8 Å². The molecule has 2 heteroatoms. The molecule has 2 nitrogen and oxygen atoms in total. The number of anilines is 6. The number of hydrogen-bond acceptors (Lipinski definition) is 2. The molecule has 346 valence electrons. The van der Waals surface area contributed by atoms with E-state index in [0.717, 1.165) is 28.4 Å². The van der Waals surface area contributed by atoms with Gasteiger partial charge >= 0.3 is 0 Å². The van der Waals surface area contributed by atoms with Crippen molar-refractivity contribution in [2.24, 2.45) is 0 Å². The van der Waals surface area contributed by atoms with Gasteiger partial charge in [0.05, 0.1) is 22.2 Å². The van der Waals surface area contributed by atoms with Crippen LogP contribution in [0.2, 0.25) is 0 Å². The summed E-state index contributed by atoms with van der Waals surface area (Å²) in [5, 5.41) is 2.47. The minimum atomic E-state index is -0.646. The van der Waals surface area contributed by atoms with Crippen molar-refractivity contribution in [2.45, 2.75) is 10.8 Å². The zero-order chi connectivity index (χ0) is 48.8. The second-order valence-corrected chi connectivity index (χ2v) is 19.8. The monoisotopic (exact) mass is 940 g/mol. The molecule has 0 N–H and O–H groups in total. The number of fused-ring (bicyclic) bond motifs is 15. The fourth-order valence-electron chi connectivity index (χ4n) is 13.5. The first-order valence-corrected chi connectivity index (χ1v) is 25.8. The molecule has 1 spiro atoms. The van der Waals surface area contributed by atoms with E-state index in [9.17, 15) is 0 Å². The van der Waals surface area contributed by atoms with Crippen molar-refractivity contribution in [2.75, 3.05) is 9.80 Å². The highest BCUT2D eigenvalue weighted by Gasteiger charge is 2.54. The zero-order valence-electron chi connectivity index (χ0n) is 40.6. The van der Waals surface area contributed by atoms with Crippen molar-refractivity contribution >= 4 is 44.9 Å². The van der Waals surface area contributed by atoms with Crippen LogP contribution >= 0.6 is 0 Å². The van der Waals surface area contributed by atoms with Gasteiger partial charge in [0.25, 0.3) is 0 Å². The van der Waals surface area contributed by atoms with Gasteiger partial charge < -0.3 is 9.80 Å².